The van der Waals surface area contributed by atoms with Crippen LogP contribution < -0.4 is 5.32 Å². The number of carbonyl (C=O) groups excluding carboxylic acids is 1. The van der Waals surface area contributed by atoms with Crippen molar-refractivity contribution >= 4 is 29.2 Å². The summed E-state index contributed by atoms with van der Waals surface area (Å²) >= 11 is 12.0. The monoisotopic (exact) mass is 358 g/mol. The summed E-state index contributed by atoms with van der Waals surface area (Å²) in [5, 5.41) is 4.17. The molecule has 0 aromatic heterocycles. The molecule has 0 bridgehead atoms. The summed E-state index contributed by atoms with van der Waals surface area (Å²) in [6.45, 7) is 3.12. The number of benzene rings is 1. The Labute approximate surface area is 145 Å². The van der Waals surface area contributed by atoms with Gasteiger partial charge in [-0.3, -0.25) is 0 Å². The Morgan fingerprint density at radius 1 is 1.22 bits per heavy atom. The second kappa shape index (κ2) is 7.26. The van der Waals surface area contributed by atoms with E-state index in [-0.39, 0.29) is 6.03 Å². The maximum atomic E-state index is 12.2. The van der Waals surface area contributed by atoms with Crippen molar-refractivity contribution in [1.29, 1.82) is 0 Å². The van der Waals surface area contributed by atoms with Crippen LogP contribution in [-0.2, 0) is 15.9 Å². The molecule has 5 nitrogen and oxygen atoms in total. The van der Waals surface area contributed by atoms with Crippen LogP contribution in [0.5, 0.6) is 0 Å². The SMILES string of the molecule is O=C(NCCc1ccc(Cl)cc1Cl)N1CCC2(CC1)OCCO2. The van der Waals surface area contributed by atoms with Gasteiger partial charge in [-0.2, -0.15) is 0 Å². The molecule has 0 aliphatic carbocycles. The van der Waals surface area contributed by atoms with Gasteiger partial charge < -0.3 is 19.7 Å². The molecule has 3 rings (SSSR count). The molecule has 2 fully saturated rings. The fourth-order valence-electron chi connectivity index (χ4n) is 2.98. The van der Waals surface area contributed by atoms with Crippen molar-refractivity contribution in [2.45, 2.75) is 25.0 Å². The number of nitrogens with zero attached hydrogens (tertiary/aromatic N) is 1. The predicted octanol–water partition coefficient (Wildman–Crippen LogP) is 3.08. The van der Waals surface area contributed by atoms with Crippen molar-refractivity contribution in [3.05, 3.63) is 33.8 Å². The fraction of sp³-hybridized carbons (Fsp3) is 0.562. The van der Waals surface area contributed by atoms with Gasteiger partial charge in [-0.1, -0.05) is 29.3 Å². The number of likely N-dealkylation sites (tertiary alicyclic amines) is 1. The topological polar surface area (TPSA) is 50.8 Å². The lowest BCUT2D eigenvalue weighted by atomic mass is 10.0. The van der Waals surface area contributed by atoms with Gasteiger partial charge in [0.2, 0.25) is 0 Å². The summed E-state index contributed by atoms with van der Waals surface area (Å²) in [5.74, 6) is -0.451. The van der Waals surface area contributed by atoms with Gasteiger partial charge in [0.05, 0.1) is 13.2 Å². The molecule has 1 N–H and O–H groups in total. The molecule has 126 valence electrons. The molecule has 2 saturated heterocycles. The molecule has 1 spiro atoms. The lowest BCUT2D eigenvalue weighted by molar-refractivity contribution is -0.181. The van der Waals surface area contributed by atoms with Crippen LogP contribution in [0.3, 0.4) is 0 Å². The average Bonchev–Trinajstić information content (AvgIpc) is 2.98. The van der Waals surface area contributed by atoms with Gasteiger partial charge in [-0.15, -0.1) is 0 Å². The van der Waals surface area contributed by atoms with Gasteiger partial charge in [0.25, 0.3) is 0 Å². The molecule has 1 aromatic carbocycles. The maximum Gasteiger partial charge on any atom is 0.317 e. The summed E-state index contributed by atoms with van der Waals surface area (Å²) in [6.07, 6.45) is 2.12. The lowest BCUT2D eigenvalue weighted by Crippen LogP contribution is -2.50. The third-order valence-electron chi connectivity index (χ3n) is 4.31. The van der Waals surface area contributed by atoms with E-state index in [9.17, 15) is 4.79 Å². The van der Waals surface area contributed by atoms with Crippen LogP contribution in [0.15, 0.2) is 18.2 Å². The average molecular weight is 359 g/mol. The highest BCUT2D eigenvalue weighted by Crippen LogP contribution is 2.31. The zero-order valence-corrected chi connectivity index (χ0v) is 14.3. The molecule has 1 aromatic rings. The van der Waals surface area contributed by atoms with E-state index in [2.05, 4.69) is 5.32 Å². The fourth-order valence-corrected chi connectivity index (χ4v) is 3.48. The highest BCUT2D eigenvalue weighted by molar-refractivity contribution is 6.35. The minimum absolute atomic E-state index is 0.0528. The molecule has 2 aliphatic rings. The minimum Gasteiger partial charge on any atom is -0.347 e. The smallest absolute Gasteiger partial charge is 0.317 e. The highest BCUT2D eigenvalue weighted by atomic mass is 35.5. The number of rotatable bonds is 3. The molecule has 2 amide bonds. The molecule has 0 unspecified atom stereocenters. The summed E-state index contributed by atoms with van der Waals surface area (Å²) < 4.78 is 11.3. The van der Waals surface area contributed by atoms with Gasteiger partial charge in [0, 0.05) is 42.5 Å². The minimum atomic E-state index is -0.451. The van der Waals surface area contributed by atoms with E-state index in [4.69, 9.17) is 32.7 Å². The number of halogens is 2. The molecule has 0 atom stereocenters. The van der Waals surface area contributed by atoms with Crippen molar-refractivity contribution in [2.24, 2.45) is 0 Å². The van der Waals surface area contributed by atoms with Crippen molar-refractivity contribution in [1.82, 2.24) is 10.2 Å². The van der Waals surface area contributed by atoms with E-state index in [1.54, 1.807) is 17.0 Å². The van der Waals surface area contributed by atoms with E-state index in [0.717, 1.165) is 18.4 Å². The van der Waals surface area contributed by atoms with Gasteiger partial charge in [0.15, 0.2) is 5.79 Å². The number of hydrogen-bond donors (Lipinski definition) is 1. The Hall–Kier alpha value is -1.01. The Bertz CT molecular complexity index is 566. The van der Waals surface area contributed by atoms with Crippen LogP contribution in [0.25, 0.3) is 0 Å². The molecular formula is C16H20Cl2N2O3. The second-order valence-electron chi connectivity index (χ2n) is 5.81. The first-order valence-electron chi connectivity index (χ1n) is 7.83. The summed E-state index contributed by atoms with van der Waals surface area (Å²) in [7, 11) is 0. The third kappa shape index (κ3) is 4.10. The number of hydrogen-bond acceptors (Lipinski definition) is 3. The van der Waals surface area contributed by atoms with Crippen LogP contribution in [-0.4, -0.2) is 49.6 Å². The Morgan fingerprint density at radius 3 is 2.57 bits per heavy atom. The number of amides is 2. The largest absolute Gasteiger partial charge is 0.347 e. The maximum absolute atomic E-state index is 12.2. The van der Waals surface area contributed by atoms with Crippen molar-refractivity contribution < 1.29 is 14.3 Å². The zero-order chi connectivity index (χ0) is 16.3. The van der Waals surface area contributed by atoms with Crippen LogP contribution >= 0.6 is 23.2 Å². The molecule has 0 saturated carbocycles. The van der Waals surface area contributed by atoms with E-state index >= 15 is 0 Å². The number of carbonyl (C=O) groups is 1. The van der Waals surface area contributed by atoms with Crippen molar-refractivity contribution in [3.8, 4) is 0 Å². The number of piperidine rings is 1. The van der Waals surface area contributed by atoms with Crippen LogP contribution in [0, 0.1) is 0 Å². The first-order chi connectivity index (χ1) is 11.1. The molecule has 7 heteroatoms. The predicted molar refractivity (Wildman–Crippen MR) is 89.0 cm³/mol. The van der Waals surface area contributed by atoms with Crippen LogP contribution in [0.4, 0.5) is 4.79 Å². The second-order valence-corrected chi connectivity index (χ2v) is 6.66. The molecule has 0 radical (unpaired) electrons. The van der Waals surface area contributed by atoms with Crippen LogP contribution in [0.1, 0.15) is 18.4 Å². The quantitative estimate of drug-likeness (QED) is 0.903. The number of urea groups is 1. The number of nitrogens with one attached hydrogen (secondary N) is 1. The zero-order valence-electron chi connectivity index (χ0n) is 12.8. The van der Waals surface area contributed by atoms with Crippen molar-refractivity contribution in [2.75, 3.05) is 32.8 Å². The van der Waals surface area contributed by atoms with Gasteiger partial charge >= 0.3 is 6.03 Å². The standard InChI is InChI=1S/C16H20Cl2N2O3/c17-13-2-1-12(14(18)11-13)3-6-19-15(21)20-7-4-16(5-8-20)22-9-10-23-16/h1-2,11H,3-10H2,(H,19,21). The first-order valence-corrected chi connectivity index (χ1v) is 8.58. The highest BCUT2D eigenvalue weighted by Gasteiger charge is 2.40. The summed E-state index contributed by atoms with van der Waals surface area (Å²) in [5.41, 5.74) is 0.974. The van der Waals surface area contributed by atoms with Gasteiger partial charge in [-0.25, -0.2) is 4.79 Å². The Balaban J connectivity index is 1.43. The van der Waals surface area contributed by atoms with E-state index in [0.29, 0.717) is 49.3 Å². The number of ether oxygens (including phenoxy) is 2. The van der Waals surface area contributed by atoms with Gasteiger partial charge in [-0.05, 0) is 24.1 Å². The van der Waals surface area contributed by atoms with Crippen molar-refractivity contribution in [3.63, 3.8) is 0 Å². The van der Waals surface area contributed by atoms with E-state index in [1.165, 1.54) is 0 Å². The molecule has 2 aliphatic heterocycles. The Kier molecular flexibility index (Phi) is 5.31. The summed E-state index contributed by atoms with van der Waals surface area (Å²) in [4.78, 5) is 14.0. The molecule has 2 heterocycles. The third-order valence-corrected chi connectivity index (χ3v) is 4.90. The first kappa shape index (κ1) is 16.8. The normalized spacial score (nSPS) is 20.0. The molecular weight excluding hydrogens is 339 g/mol. The van der Waals surface area contributed by atoms with Crippen LogP contribution in [0.2, 0.25) is 10.0 Å². The Morgan fingerprint density at radius 2 is 1.91 bits per heavy atom. The van der Waals surface area contributed by atoms with E-state index in [1.807, 2.05) is 6.07 Å². The summed E-state index contributed by atoms with van der Waals surface area (Å²) in [6, 6.07) is 5.35. The molecule has 23 heavy (non-hydrogen) atoms. The van der Waals surface area contributed by atoms with E-state index < -0.39 is 5.79 Å². The lowest BCUT2D eigenvalue weighted by Gasteiger charge is -2.37. The van der Waals surface area contributed by atoms with Gasteiger partial charge in [0.1, 0.15) is 0 Å².